The summed E-state index contributed by atoms with van der Waals surface area (Å²) in [6.45, 7) is 0.320. The average molecular weight is 699 g/mol. The summed E-state index contributed by atoms with van der Waals surface area (Å²) in [6, 6.07) is 5.30. The Morgan fingerprint density at radius 2 is 2.15 bits per heavy atom. The number of aliphatic carboxylic acids is 1. The third-order valence-electron chi connectivity index (χ3n) is 7.62. The molecule has 2 amide bonds. The number of anilines is 1. The lowest BCUT2D eigenvalue weighted by atomic mass is 10.0. The van der Waals surface area contributed by atoms with Crippen LogP contribution >= 0.6 is 34.7 Å². The molecule has 5 heterocycles. The van der Waals surface area contributed by atoms with Crippen molar-refractivity contribution < 1.29 is 33.3 Å². The maximum Gasteiger partial charge on any atom is 0.352 e. The van der Waals surface area contributed by atoms with E-state index in [1.54, 1.807) is 17.0 Å². The van der Waals surface area contributed by atoms with E-state index in [1.807, 2.05) is 22.9 Å². The summed E-state index contributed by atoms with van der Waals surface area (Å²) in [5.41, 5.74) is 12.8. The van der Waals surface area contributed by atoms with E-state index in [0.717, 1.165) is 22.2 Å². The number of hydrogen-bond acceptors (Lipinski definition) is 10. The number of halogens is 2. The molecular weight excluding hydrogens is 673 g/mol. The minimum absolute atomic E-state index is 0.133. The first-order valence-electron chi connectivity index (χ1n) is 13.8. The molecule has 2 aliphatic heterocycles. The van der Waals surface area contributed by atoms with Crippen molar-refractivity contribution in [3.8, 4) is 0 Å². The van der Waals surface area contributed by atoms with Gasteiger partial charge in [0, 0.05) is 45.1 Å². The number of nitrogens with two attached hydrogens (primary N) is 2. The highest BCUT2D eigenvalue weighted by molar-refractivity contribution is 8.00. The van der Waals surface area contributed by atoms with Gasteiger partial charge in [-0.2, -0.15) is 0 Å². The standard InChI is InChI=1S/C29H25ClFN9O5S2/c1-45-37-21(19-12-47-29(34)35-19)25(41)36-22-26(42)40-23(28(43)44)15(11-46-27(22)40)9-38-4-3-20-13(8-38)2-5-39(20)10-16-17(30)6-14(24(32)33)7-18(16)31/h2-8,12,22,27H,9-11H2,1H3,(H6-,32,33,34,35,36,41,43,44)/p+1/t22-,27-/m1/s1. The molecule has 1 saturated heterocycles. The number of β-lactam (4-membered cyclic amide) rings is 1. The summed E-state index contributed by atoms with van der Waals surface area (Å²) < 4.78 is 18.5. The zero-order valence-electron chi connectivity index (χ0n) is 24.4. The first-order chi connectivity index (χ1) is 22.5. The zero-order valence-corrected chi connectivity index (χ0v) is 26.8. The van der Waals surface area contributed by atoms with Gasteiger partial charge in [0.05, 0.1) is 17.4 Å². The number of pyridine rings is 1. The van der Waals surface area contributed by atoms with Crippen molar-refractivity contribution in [2.75, 3.05) is 18.6 Å². The number of rotatable bonds is 10. The smallest absolute Gasteiger partial charge is 0.352 e. The van der Waals surface area contributed by atoms with E-state index >= 15 is 0 Å². The molecule has 4 aromatic rings. The van der Waals surface area contributed by atoms with Crippen molar-refractivity contribution in [2.45, 2.75) is 24.5 Å². The fourth-order valence-electron chi connectivity index (χ4n) is 5.43. The molecule has 0 unspecified atom stereocenters. The van der Waals surface area contributed by atoms with Crippen LogP contribution in [0.1, 0.15) is 16.8 Å². The van der Waals surface area contributed by atoms with Crippen molar-refractivity contribution in [3.05, 3.63) is 87.2 Å². The van der Waals surface area contributed by atoms with Crippen LogP contribution in [0.25, 0.3) is 10.9 Å². The molecule has 7 N–H and O–H groups in total. The molecule has 47 heavy (non-hydrogen) atoms. The van der Waals surface area contributed by atoms with Crippen molar-refractivity contribution in [3.63, 3.8) is 0 Å². The SMILES string of the molecule is CON=C(C(=O)N[C@@H]1C(=O)N2C(C(=O)O)=C(C[n+]3ccc4c(ccn4Cc4c(F)cc(C(=N)N)cc4Cl)c3)CS[C@H]12)c1csc(N)n1. The largest absolute Gasteiger partial charge is 0.477 e. The lowest BCUT2D eigenvalue weighted by molar-refractivity contribution is -0.687. The van der Waals surface area contributed by atoms with Gasteiger partial charge in [-0.25, -0.2) is 18.7 Å². The predicted molar refractivity (Wildman–Crippen MR) is 173 cm³/mol. The monoisotopic (exact) mass is 698 g/mol. The maximum atomic E-state index is 14.8. The van der Waals surface area contributed by atoms with E-state index in [9.17, 15) is 23.9 Å². The van der Waals surface area contributed by atoms with Gasteiger partial charge < -0.3 is 31.3 Å². The van der Waals surface area contributed by atoms with Crippen LogP contribution in [0.5, 0.6) is 0 Å². The summed E-state index contributed by atoms with van der Waals surface area (Å²) in [5, 5.41) is 26.1. The molecule has 14 nitrogen and oxygen atoms in total. The number of carbonyl (C=O) groups excluding carboxylic acids is 2. The van der Waals surface area contributed by atoms with E-state index in [2.05, 4.69) is 15.5 Å². The minimum Gasteiger partial charge on any atom is -0.477 e. The van der Waals surface area contributed by atoms with E-state index in [4.69, 9.17) is 33.3 Å². The normalized spacial score (nSPS) is 17.8. The summed E-state index contributed by atoms with van der Waals surface area (Å²) in [7, 11) is 1.27. The van der Waals surface area contributed by atoms with Gasteiger partial charge in [0.2, 0.25) is 0 Å². The molecule has 1 fully saturated rings. The van der Waals surface area contributed by atoms with Gasteiger partial charge in [0.1, 0.15) is 41.6 Å². The van der Waals surface area contributed by atoms with Crippen LogP contribution in [-0.4, -0.2) is 73.2 Å². The highest BCUT2D eigenvalue weighted by atomic mass is 35.5. The highest BCUT2D eigenvalue weighted by Crippen LogP contribution is 2.40. The molecule has 0 radical (unpaired) electrons. The maximum absolute atomic E-state index is 14.8. The molecular formula is C29H26ClFN9O5S2+. The fourth-order valence-corrected chi connectivity index (χ4v) is 7.58. The fraction of sp³-hybridized carbons (Fsp3) is 0.207. The zero-order chi connectivity index (χ0) is 33.6. The van der Waals surface area contributed by atoms with Crippen LogP contribution in [0.2, 0.25) is 5.02 Å². The highest BCUT2D eigenvalue weighted by Gasteiger charge is 2.54. The van der Waals surface area contributed by atoms with E-state index in [0.29, 0.717) is 11.3 Å². The Labute approximate surface area is 278 Å². The molecule has 0 aliphatic carbocycles. The number of hydrogen-bond donors (Lipinski definition) is 5. The number of aromatic nitrogens is 3. The number of fused-ring (bicyclic) bond motifs is 2. The molecule has 0 bridgehead atoms. The molecule has 18 heteroatoms. The Balaban J connectivity index is 1.19. The molecule has 2 aliphatic rings. The number of benzene rings is 1. The third-order valence-corrected chi connectivity index (χ3v) is 9.97. The van der Waals surface area contributed by atoms with E-state index in [-0.39, 0.29) is 57.3 Å². The number of nitrogens with one attached hydrogen (secondary N) is 2. The molecule has 242 valence electrons. The van der Waals surface area contributed by atoms with Crippen LogP contribution in [0, 0.1) is 11.2 Å². The third kappa shape index (κ3) is 5.99. The molecule has 2 atom stereocenters. The number of carboxylic acid groups (broad SMARTS) is 1. The molecule has 1 aromatic carbocycles. The lowest BCUT2D eigenvalue weighted by Crippen LogP contribution is -2.71. The Bertz CT molecular complexity index is 2020. The number of amidine groups is 1. The second kappa shape index (κ2) is 12.7. The Kier molecular flexibility index (Phi) is 8.61. The summed E-state index contributed by atoms with van der Waals surface area (Å²) in [5.74, 6) is -3.11. The van der Waals surface area contributed by atoms with Crippen LogP contribution in [0.15, 0.2) is 64.7 Å². The second-order valence-electron chi connectivity index (χ2n) is 10.5. The van der Waals surface area contributed by atoms with Gasteiger partial charge in [0.15, 0.2) is 29.8 Å². The number of thiazole rings is 1. The van der Waals surface area contributed by atoms with Gasteiger partial charge in [0.25, 0.3) is 11.8 Å². The minimum atomic E-state index is -1.26. The van der Waals surface area contributed by atoms with Gasteiger partial charge in [-0.15, -0.1) is 23.1 Å². The molecule has 0 spiro atoms. The number of oxime groups is 1. The van der Waals surface area contributed by atoms with Crippen molar-refractivity contribution in [1.82, 2.24) is 19.8 Å². The number of carbonyl (C=O) groups is 3. The average Bonchev–Trinajstić information content (AvgIpc) is 3.65. The second-order valence-corrected chi connectivity index (χ2v) is 12.9. The van der Waals surface area contributed by atoms with Gasteiger partial charge in [-0.05, 0) is 18.2 Å². The van der Waals surface area contributed by atoms with E-state index in [1.165, 1.54) is 41.3 Å². The summed E-state index contributed by atoms with van der Waals surface area (Å²) in [4.78, 5) is 48.7. The number of carboxylic acids is 1. The topological polar surface area (TPSA) is 206 Å². The van der Waals surface area contributed by atoms with Gasteiger partial charge >= 0.3 is 5.97 Å². The van der Waals surface area contributed by atoms with Crippen molar-refractivity contribution in [2.24, 2.45) is 10.9 Å². The van der Waals surface area contributed by atoms with Crippen LogP contribution in [0.3, 0.4) is 0 Å². The molecule has 0 saturated carbocycles. The molecule has 6 rings (SSSR count). The Hall–Kier alpha value is -5.00. The van der Waals surface area contributed by atoms with Crippen LogP contribution < -0.4 is 21.4 Å². The summed E-state index contributed by atoms with van der Waals surface area (Å²) >= 11 is 8.76. The van der Waals surface area contributed by atoms with Crippen LogP contribution in [0.4, 0.5) is 9.52 Å². The Morgan fingerprint density at radius 1 is 1.36 bits per heavy atom. The number of nitrogens with zero attached hydrogens (tertiary/aromatic N) is 5. The lowest BCUT2D eigenvalue weighted by Gasteiger charge is -2.49. The summed E-state index contributed by atoms with van der Waals surface area (Å²) in [6.07, 6.45) is 5.38. The number of nitrogen functional groups attached to an aromatic ring is 2. The van der Waals surface area contributed by atoms with Crippen molar-refractivity contribution >= 4 is 80.1 Å². The first kappa shape index (κ1) is 32.0. The Morgan fingerprint density at radius 3 is 2.81 bits per heavy atom. The van der Waals surface area contributed by atoms with Crippen LogP contribution in [-0.2, 0) is 32.3 Å². The van der Waals surface area contributed by atoms with Gasteiger partial charge in [-0.3, -0.25) is 19.9 Å². The van der Waals surface area contributed by atoms with Gasteiger partial charge in [-0.1, -0.05) is 16.8 Å². The first-order valence-corrected chi connectivity index (χ1v) is 16.1. The van der Waals surface area contributed by atoms with Crippen molar-refractivity contribution in [1.29, 1.82) is 5.41 Å². The number of thioether (sulfide) groups is 1. The van der Waals surface area contributed by atoms with E-state index < -0.39 is 35.0 Å². The number of amides is 2. The molecule has 3 aromatic heterocycles. The quantitative estimate of drug-likeness (QED) is 0.0538. The predicted octanol–water partition coefficient (Wildman–Crippen LogP) is 1.88.